The van der Waals surface area contributed by atoms with Crippen LogP contribution in [0.1, 0.15) is 0 Å². The van der Waals surface area contributed by atoms with Crippen molar-refractivity contribution in [3.05, 3.63) is 69.0 Å². The van der Waals surface area contributed by atoms with Crippen LogP contribution in [-0.2, 0) is 9.05 Å². The molecule has 0 spiro atoms. The molecule has 0 radical (unpaired) electrons. The second kappa shape index (κ2) is 6.03. The number of aromatic nitrogens is 1. The van der Waals surface area contributed by atoms with E-state index in [4.69, 9.17) is 10.7 Å². The molecule has 0 aliphatic rings. The predicted octanol–water partition coefficient (Wildman–Crippen LogP) is 4.04. The van der Waals surface area contributed by atoms with Gasteiger partial charge in [0.25, 0.3) is 9.05 Å². The Labute approximate surface area is 171 Å². The zero-order valence-corrected chi connectivity index (χ0v) is 16.8. The van der Waals surface area contributed by atoms with E-state index in [1.165, 1.54) is 41.7 Å². The zero-order valence-electron chi connectivity index (χ0n) is 14.4. The Kier molecular flexibility index (Phi) is 3.76. The zero-order chi connectivity index (χ0) is 20.5. The van der Waals surface area contributed by atoms with Crippen LogP contribution in [0.3, 0.4) is 0 Å². The summed E-state index contributed by atoms with van der Waals surface area (Å²) in [6.45, 7) is 0. The van der Waals surface area contributed by atoms with Crippen LogP contribution in [0.5, 0.6) is 5.75 Å². The van der Waals surface area contributed by atoms with Crippen molar-refractivity contribution in [1.29, 1.82) is 0 Å². The predicted molar refractivity (Wildman–Crippen MR) is 116 cm³/mol. The summed E-state index contributed by atoms with van der Waals surface area (Å²) in [5.74, 6) is 0.0461. The van der Waals surface area contributed by atoms with Gasteiger partial charge in [-0.1, -0.05) is 24.3 Å². The Balaban J connectivity index is 2.18. The minimum atomic E-state index is -4.31. The molecule has 1 aromatic heterocycles. The highest BCUT2D eigenvalue weighted by molar-refractivity contribution is 8.14. The largest absolute Gasteiger partial charge is 0.508 e. The van der Waals surface area contributed by atoms with Crippen molar-refractivity contribution < 1.29 is 13.5 Å². The maximum absolute atomic E-state index is 13.3. The second-order valence-corrected chi connectivity index (χ2v) is 10.2. The van der Waals surface area contributed by atoms with Gasteiger partial charge < -0.3 is 10.1 Å². The van der Waals surface area contributed by atoms with Crippen LogP contribution in [0.25, 0.3) is 42.0 Å². The van der Waals surface area contributed by atoms with Crippen LogP contribution in [0, 0.1) is 0 Å². The van der Waals surface area contributed by atoms with E-state index in [1.54, 1.807) is 18.2 Å². The fourth-order valence-corrected chi connectivity index (χ4v) is 5.80. The van der Waals surface area contributed by atoms with Crippen LogP contribution >= 0.6 is 22.0 Å². The van der Waals surface area contributed by atoms with Gasteiger partial charge in [0.05, 0.1) is 36.1 Å². The lowest BCUT2D eigenvalue weighted by atomic mass is 10.0. The molecule has 6 nitrogen and oxygen atoms in total. The Bertz CT molecular complexity index is 1740. The number of phenolic OH excluding ortho intramolecular Hbond substituents is 1. The number of hydrogen-bond acceptors (Lipinski definition) is 6. The Morgan fingerprint density at radius 1 is 0.897 bits per heavy atom. The monoisotopic (exact) mass is 443 g/mol. The molecule has 4 aromatic carbocycles. The molecular weight excluding hydrogens is 434 g/mol. The summed E-state index contributed by atoms with van der Waals surface area (Å²) in [5, 5.41) is 9.85. The molecule has 0 saturated heterocycles. The van der Waals surface area contributed by atoms with Gasteiger partial charge in [-0.3, -0.25) is 9.59 Å². The normalized spacial score (nSPS) is 12.3. The van der Waals surface area contributed by atoms with Gasteiger partial charge in [-0.25, -0.2) is 8.42 Å². The molecule has 0 saturated carbocycles. The highest BCUT2D eigenvalue weighted by Gasteiger charge is 2.23. The molecule has 29 heavy (non-hydrogen) atoms. The minimum Gasteiger partial charge on any atom is -0.508 e. The molecule has 144 valence electrons. The summed E-state index contributed by atoms with van der Waals surface area (Å²) in [5.41, 5.74) is -0.0485. The first-order valence-electron chi connectivity index (χ1n) is 8.37. The first kappa shape index (κ1) is 18.1. The van der Waals surface area contributed by atoms with Gasteiger partial charge in [0.2, 0.25) is 0 Å². The number of H-pyrrole nitrogens is 1. The summed E-state index contributed by atoms with van der Waals surface area (Å²) < 4.78 is 25.6. The molecule has 0 aliphatic heterocycles. The summed E-state index contributed by atoms with van der Waals surface area (Å²) in [4.78, 5) is 29.2. The van der Waals surface area contributed by atoms with Gasteiger partial charge in [0, 0.05) is 21.5 Å². The lowest BCUT2D eigenvalue weighted by Gasteiger charge is -2.10. The summed E-state index contributed by atoms with van der Waals surface area (Å²) >= 11 is 1.18. The second-order valence-electron chi connectivity index (χ2n) is 6.55. The minimum absolute atomic E-state index is 0.0170. The van der Waals surface area contributed by atoms with E-state index in [1.807, 2.05) is 0 Å². The summed E-state index contributed by atoms with van der Waals surface area (Å²) in [6.07, 6.45) is 0. The van der Waals surface area contributed by atoms with Gasteiger partial charge in [-0.15, -0.1) is 11.3 Å². The molecule has 5 rings (SSSR count). The van der Waals surface area contributed by atoms with E-state index in [9.17, 15) is 23.1 Å². The topological polar surface area (TPSA) is 104 Å². The average Bonchev–Trinajstić information content (AvgIpc) is 2.68. The Morgan fingerprint density at radius 3 is 2.21 bits per heavy atom. The number of nitrogens with one attached hydrogen (secondary N) is 1. The summed E-state index contributed by atoms with van der Waals surface area (Å²) in [6, 6.07) is 12.2. The van der Waals surface area contributed by atoms with Crippen molar-refractivity contribution >= 4 is 73.0 Å². The molecule has 5 aromatic rings. The maximum Gasteiger partial charge on any atom is 0.262 e. The number of aromatic hydroxyl groups is 1. The van der Waals surface area contributed by atoms with Crippen molar-refractivity contribution in [3.8, 4) is 5.75 Å². The van der Waals surface area contributed by atoms with E-state index in [2.05, 4.69) is 4.98 Å². The van der Waals surface area contributed by atoms with Crippen molar-refractivity contribution in [2.24, 2.45) is 0 Å². The van der Waals surface area contributed by atoms with Crippen LogP contribution < -0.4 is 10.9 Å². The Hall–Kier alpha value is -2.94. The van der Waals surface area contributed by atoms with E-state index < -0.39 is 24.8 Å². The third-order valence-electron chi connectivity index (χ3n) is 4.83. The van der Waals surface area contributed by atoms with E-state index in [-0.39, 0.29) is 27.3 Å². The molecule has 0 unspecified atom stereocenters. The highest BCUT2D eigenvalue weighted by atomic mass is 35.7. The van der Waals surface area contributed by atoms with E-state index in [0.717, 1.165) is 0 Å². The fraction of sp³-hybridized carbons (Fsp3) is 0. The van der Waals surface area contributed by atoms with Crippen molar-refractivity contribution in [3.63, 3.8) is 0 Å². The quantitative estimate of drug-likeness (QED) is 0.231. The number of hydrogen-bond donors (Lipinski definition) is 2. The maximum atomic E-state index is 13.3. The van der Waals surface area contributed by atoms with Crippen LogP contribution in [0.15, 0.2) is 63.0 Å². The molecule has 2 N–H and O–H groups in total. The molecule has 0 atom stereocenters. The molecule has 0 fully saturated rings. The van der Waals surface area contributed by atoms with Gasteiger partial charge in [0.15, 0.2) is 10.9 Å². The summed E-state index contributed by atoms with van der Waals surface area (Å²) in [7, 11) is 1.33. The Morgan fingerprint density at radius 2 is 1.55 bits per heavy atom. The average molecular weight is 444 g/mol. The van der Waals surface area contributed by atoms with Crippen molar-refractivity contribution in [2.75, 3.05) is 0 Å². The van der Waals surface area contributed by atoms with Gasteiger partial charge in [0.1, 0.15) is 5.75 Å². The SMILES string of the molecule is O=c1c2ccccc2c(=O)c2c1c(S(=O)(=O)Cl)cc1sc3cc(O)ccc3[nH]c12. The standard InChI is InChI=1S/C20H10ClNO5S2/c21-29(26,27)15-8-14-18(22-12-6-5-9(23)7-13(12)28-14)17-16(15)19(24)10-3-1-2-4-11(10)20(17)25/h1-8,22-23H. The number of aromatic amines is 1. The van der Waals surface area contributed by atoms with Gasteiger partial charge in [-0.05, 0) is 24.3 Å². The van der Waals surface area contributed by atoms with E-state index >= 15 is 0 Å². The van der Waals surface area contributed by atoms with Gasteiger partial charge >= 0.3 is 0 Å². The third-order valence-corrected chi connectivity index (χ3v) is 7.28. The first-order chi connectivity index (χ1) is 13.8. The molecule has 9 heteroatoms. The number of rotatable bonds is 1. The number of fused-ring (bicyclic) bond motifs is 5. The lowest BCUT2D eigenvalue weighted by Crippen LogP contribution is -2.16. The molecule has 1 heterocycles. The smallest absolute Gasteiger partial charge is 0.262 e. The van der Waals surface area contributed by atoms with Crippen molar-refractivity contribution in [2.45, 2.75) is 4.90 Å². The lowest BCUT2D eigenvalue weighted by molar-refractivity contribution is 0.476. The molecular formula is C20H10ClNO5S2. The molecule has 0 bridgehead atoms. The fourth-order valence-electron chi connectivity index (χ4n) is 3.58. The highest BCUT2D eigenvalue weighted by Crippen LogP contribution is 2.35. The molecule has 0 amide bonds. The van der Waals surface area contributed by atoms with Crippen molar-refractivity contribution in [1.82, 2.24) is 4.98 Å². The third kappa shape index (κ3) is 2.64. The molecule has 0 aliphatic carbocycles. The first-order valence-corrected chi connectivity index (χ1v) is 11.5. The van der Waals surface area contributed by atoms with Crippen LogP contribution in [0.4, 0.5) is 0 Å². The number of benzene rings is 4. The number of halogens is 1. The van der Waals surface area contributed by atoms with Crippen LogP contribution in [-0.4, -0.2) is 18.5 Å². The van der Waals surface area contributed by atoms with Gasteiger partial charge in [-0.2, -0.15) is 0 Å². The number of phenols is 1. The van der Waals surface area contributed by atoms with E-state index in [0.29, 0.717) is 20.4 Å². The van der Waals surface area contributed by atoms with Crippen LogP contribution in [0.2, 0.25) is 0 Å².